The van der Waals surface area contributed by atoms with E-state index in [2.05, 4.69) is 0 Å². The van der Waals surface area contributed by atoms with E-state index in [0.29, 0.717) is 13.1 Å². The molecule has 0 unspecified atom stereocenters. The van der Waals surface area contributed by atoms with E-state index >= 15 is 0 Å². The lowest BCUT2D eigenvalue weighted by Crippen LogP contribution is -2.31. The van der Waals surface area contributed by atoms with Crippen LogP contribution in [0.1, 0.15) is 29.9 Å². The number of rotatable bonds is 3. The molecule has 1 aliphatic heterocycles. The maximum absolute atomic E-state index is 12.8. The molecule has 1 fully saturated rings. The molecule has 1 amide bonds. The summed E-state index contributed by atoms with van der Waals surface area (Å²) in [6, 6.07) is 4.04. The predicted octanol–water partition coefficient (Wildman–Crippen LogP) is 3.05. The summed E-state index contributed by atoms with van der Waals surface area (Å²) in [6.07, 6.45) is -2.09. The highest BCUT2D eigenvalue weighted by atomic mass is 19.4. The Balaban J connectivity index is 2.20. The molecule has 3 nitrogen and oxygen atoms in total. The van der Waals surface area contributed by atoms with E-state index < -0.39 is 11.7 Å². The molecule has 0 aromatic heterocycles. The molecular formula is C14H16F3NO2. The minimum absolute atomic E-state index is 0.146. The smallest absolute Gasteiger partial charge is 0.419 e. The molecule has 0 atom stereocenters. The van der Waals surface area contributed by atoms with Crippen molar-refractivity contribution in [2.24, 2.45) is 0 Å². The third-order valence-electron chi connectivity index (χ3n) is 3.68. The number of nitrogens with zero attached hydrogens (tertiary/aromatic N) is 1. The molecule has 2 rings (SSSR count). The fourth-order valence-electron chi connectivity index (χ4n) is 2.53. The van der Waals surface area contributed by atoms with E-state index in [1.54, 1.807) is 4.90 Å². The van der Waals surface area contributed by atoms with Gasteiger partial charge in [0.05, 0.1) is 12.7 Å². The molecule has 0 spiro atoms. The number of benzene rings is 1. The third-order valence-corrected chi connectivity index (χ3v) is 3.68. The summed E-state index contributed by atoms with van der Waals surface area (Å²) in [4.78, 5) is 12.3. The first kappa shape index (κ1) is 14.7. The highest BCUT2D eigenvalue weighted by Gasteiger charge is 2.34. The lowest BCUT2D eigenvalue weighted by molar-refractivity contribution is -0.138. The maximum Gasteiger partial charge on any atom is 0.419 e. The summed E-state index contributed by atoms with van der Waals surface area (Å²) in [5.41, 5.74) is 0.0782. The Labute approximate surface area is 115 Å². The van der Waals surface area contributed by atoms with Crippen molar-refractivity contribution in [3.63, 3.8) is 0 Å². The van der Waals surface area contributed by atoms with Gasteiger partial charge in [0.15, 0.2) is 0 Å². The predicted molar refractivity (Wildman–Crippen MR) is 67.6 cm³/mol. The molecule has 0 N–H and O–H groups in total. The van der Waals surface area contributed by atoms with E-state index in [1.807, 2.05) is 0 Å². The fraction of sp³-hybridized carbons (Fsp3) is 0.500. The maximum atomic E-state index is 12.8. The van der Waals surface area contributed by atoms with Gasteiger partial charge in [-0.2, -0.15) is 13.2 Å². The summed E-state index contributed by atoms with van der Waals surface area (Å²) < 4.78 is 43.2. The molecule has 1 aromatic rings. The Bertz CT molecular complexity index is 480. The van der Waals surface area contributed by atoms with E-state index in [0.717, 1.165) is 30.9 Å². The molecule has 0 radical (unpaired) electrons. The second-order valence-corrected chi connectivity index (χ2v) is 4.87. The van der Waals surface area contributed by atoms with Crippen molar-refractivity contribution >= 4 is 6.41 Å². The van der Waals surface area contributed by atoms with Gasteiger partial charge in [0.25, 0.3) is 0 Å². The van der Waals surface area contributed by atoms with Crippen molar-refractivity contribution in [2.75, 3.05) is 20.2 Å². The monoisotopic (exact) mass is 287 g/mol. The number of halogens is 3. The second-order valence-electron chi connectivity index (χ2n) is 4.87. The molecule has 0 aliphatic carbocycles. The highest BCUT2D eigenvalue weighted by molar-refractivity contribution is 5.47. The normalized spacial score (nSPS) is 17.1. The Morgan fingerprint density at radius 1 is 1.30 bits per heavy atom. The van der Waals surface area contributed by atoms with Gasteiger partial charge >= 0.3 is 6.18 Å². The topological polar surface area (TPSA) is 29.5 Å². The van der Waals surface area contributed by atoms with Crippen molar-refractivity contribution in [3.8, 4) is 5.75 Å². The minimum atomic E-state index is -4.41. The zero-order valence-corrected chi connectivity index (χ0v) is 11.1. The summed E-state index contributed by atoms with van der Waals surface area (Å²) in [7, 11) is 1.24. The fourth-order valence-corrected chi connectivity index (χ4v) is 2.53. The number of hydrogen-bond donors (Lipinski definition) is 0. The molecule has 0 bridgehead atoms. The SMILES string of the molecule is COc1cc(C2CCN(C=O)CC2)ccc1C(F)(F)F. The van der Waals surface area contributed by atoms with Gasteiger partial charge in [0, 0.05) is 13.1 Å². The molecular weight excluding hydrogens is 271 g/mol. The molecule has 6 heteroatoms. The molecule has 110 valence electrons. The van der Waals surface area contributed by atoms with Crippen LogP contribution >= 0.6 is 0 Å². The average Bonchev–Trinajstić information content (AvgIpc) is 2.45. The quantitative estimate of drug-likeness (QED) is 0.800. The standard InChI is InChI=1S/C14H16F3NO2/c1-20-13-8-11(2-3-12(13)14(15,16)17)10-4-6-18(9-19)7-5-10/h2-3,8-10H,4-7H2,1H3. The number of methoxy groups -OCH3 is 1. The van der Waals surface area contributed by atoms with Gasteiger partial charge in [0.1, 0.15) is 5.75 Å². The van der Waals surface area contributed by atoms with Gasteiger partial charge in [-0.25, -0.2) is 0 Å². The minimum Gasteiger partial charge on any atom is -0.496 e. The Morgan fingerprint density at radius 3 is 2.45 bits per heavy atom. The summed E-state index contributed by atoms with van der Waals surface area (Å²) >= 11 is 0. The number of amides is 1. The lowest BCUT2D eigenvalue weighted by atomic mass is 9.89. The number of hydrogen-bond acceptors (Lipinski definition) is 2. The van der Waals surface area contributed by atoms with Crippen molar-refractivity contribution in [3.05, 3.63) is 29.3 Å². The van der Waals surface area contributed by atoms with Gasteiger partial charge in [-0.3, -0.25) is 4.79 Å². The van der Waals surface area contributed by atoms with Crippen molar-refractivity contribution in [1.29, 1.82) is 0 Å². The van der Waals surface area contributed by atoms with Gasteiger partial charge < -0.3 is 9.64 Å². The van der Waals surface area contributed by atoms with Crippen LogP contribution in [0.2, 0.25) is 0 Å². The van der Waals surface area contributed by atoms with Gasteiger partial charge in [0.2, 0.25) is 6.41 Å². The zero-order valence-electron chi connectivity index (χ0n) is 11.1. The number of likely N-dealkylation sites (tertiary alicyclic amines) is 1. The van der Waals surface area contributed by atoms with Crippen molar-refractivity contribution in [2.45, 2.75) is 24.9 Å². The molecule has 0 saturated carbocycles. The van der Waals surface area contributed by atoms with Gasteiger partial charge in [-0.1, -0.05) is 6.07 Å². The van der Waals surface area contributed by atoms with Crippen LogP contribution in [0.25, 0.3) is 0 Å². The van der Waals surface area contributed by atoms with Crippen LogP contribution in [0, 0.1) is 0 Å². The van der Waals surface area contributed by atoms with Crippen LogP contribution < -0.4 is 4.74 Å². The molecule has 1 aliphatic rings. The van der Waals surface area contributed by atoms with E-state index in [9.17, 15) is 18.0 Å². The first-order chi connectivity index (χ1) is 9.45. The van der Waals surface area contributed by atoms with E-state index in [-0.39, 0.29) is 11.7 Å². The van der Waals surface area contributed by atoms with Crippen molar-refractivity contribution < 1.29 is 22.7 Å². The van der Waals surface area contributed by atoms with Crippen LogP contribution in [0.3, 0.4) is 0 Å². The van der Waals surface area contributed by atoms with E-state index in [1.165, 1.54) is 19.2 Å². The molecule has 1 heterocycles. The molecule has 20 heavy (non-hydrogen) atoms. The lowest BCUT2D eigenvalue weighted by Gasteiger charge is -2.29. The summed E-state index contributed by atoms with van der Waals surface area (Å²) in [5.74, 6) is 0.0233. The molecule has 1 saturated heterocycles. The Kier molecular flexibility index (Phi) is 4.20. The first-order valence-electron chi connectivity index (χ1n) is 6.40. The van der Waals surface area contributed by atoms with Crippen molar-refractivity contribution in [1.82, 2.24) is 4.90 Å². The van der Waals surface area contributed by atoms with Crippen LogP contribution in [0.4, 0.5) is 13.2 Å². The van der Waals surface area contributed by atoms with Crippen LogP contribution in [0.15, 0.2) is 18.2 Å². The Morgan fingerprint density at radius 2 is 1.95 bits per heavy atom. The number of ether oxygens (including phenoxy) is 1. The van der Waals surface area contributed by atoms with Crippen LogP contribution in [-0.4, -0.2) is 31.5 Å². The number of alkyl halides is 3. The summed E-state index contributed by atoms with van der Waals surface area (Å²) in [6.45, 7) is 1.27. The largest absolute Gasteiger partial charge is 0.496 e. The average molecular weight is 287 g/mol. The number of piperidine rings is 1. The zero-order chi connectivity index (χ0) is 14.8. The van der Waals surface area contributed by atoms with Crippen LogP contribution in [0.5, 0.6) is 5.75 Å². The molecule has 1 aromatic carbocycles. The van der Waals surface area contributed by atoms with E-state index in [4.69, 9.17) is 4.74 Å². The van der Waals surface area contributed by atoms with Gasteiger partial charge in [-0.15, -0.1) is 0 Å². The summed E-state index contributed by atoms with van der Waals surface area (Å²) in [5, 5.41) is 0. The Hall–Kier alpha value is -1.72. The third kappa shape index (κ3) is 3.05. The van der Waals surface area contributed by atoms with Gasteiger partial charge in [-0.05, 0) is 36.5 Å². The number of carbonyl (C=O) groups is 1. The first-order valence-corrected chi connectivity index (χ1v) is 6.40. The second kappa shape index (κ2) is 5.73. The van der Waals surface area contributed by atoms with Crippen LogP contribution in [-0.2, 0) is 11.0 Å². The highest BCUT2D eigenvalue weighted by Crippen LogP contribution is 2.39. The number of carbonyl (C=O) groups excluding carboxylic acids is 1.